The van der Waals surface area contributed by atoms with Crippen LogP contribution in [0.1, 0.15) is 15.9 Å². The molecule has 4 aromatic rings. The third-order valence-electron chi connectivity index (χ3n) is 4.19. The van der Waals surface area contributed by atoms with Gasteiger partial charge in [0.05, 0.1) is 16.1 Å². The smallest absolute Gasteiger partial charge is 0.357 e. The quantitative estimate of drug-likeness (QED) is 0.416. The fourth-order valence-corrected chi connectivity index (χ4v) is 2.95. The van der Waals surface area contributed by atoms with E-state index in [1.807, 2.05) is 30.3 Å². The Hall–Kier alpha value is -3.62. The Morgan fingerprint density at radius 2 is 1.93 bits per heavy atom. The third kappa shape index (κ3) is 3.98. The van der Waals surface area contributed by atoms with Gasteiger partial charge in [0.25, 0.3) is 0 Å². The van der Waals surface area contributed by atoms with Crippen LogP contribution in [0.25, 0.3) is 11.2 Å². The van der Waals surface area contributed by atoms with Crippen LogP contribution in [0.2, 0.25) is 5.02 Å². The molecule has 0 spiro atoms. The van der Waals surface area contributed by atoms with Gasteiger partial charge in [-0.15, -0.1) is 0 Å². The number of H-pyrrole nitrogens is 1. The molecule has 0 saturated heterocycles. The molecule has 2 aromatic heterocycles. The molecule has 0 fully saturated rings. The second-order valence-corrected chi connectivity index (χ2v) is 6.61. The van der Waals surface area contributed by atoms with Gasteiger partial charge in [-0.2, -0.15) is 10.9 Å². The minimum Gasteiger partial charge on any atom is -0.426 e. The number of halogens is 1. The molecule has 2 aromatic carbocycles. The molecule has 0 aliphatic heterocycles. The van der Waals surface area contributed by atoms with E-state index in [1.54, 1.807) is 25.1 Å². The van der Waals surface area contributed by atoms with Crippen LogP contribution in [0.3, 0.4) is 0 Å². The average molecular weight is 410 g/mol. The third-order valence-corrected chi connectivity index (χ3v) is 4.48. The van der Waals surface area contributed by atoms with Crippen molar-refractivity contribution >= 4 is 40.2 Å². The highest BCUT2D eigenvalue weighted by molar-refractivity contribution is 6.33. The summed E-state index contributed by atoms with van der Waals surface area (Å²) in [7, 11) is 0. The minimum atomic E-state index is -0.650. The first-order chi connectivity index (χ1) is 14.0. The van der Waals surface area contributed by atoms with Gasteiger partial charge in [-0.25, -0.2) is 9.78 Å². The van der Waals surface area contributed by atoms with E-state index in [2.05, 4.69) is 25.1 Å². The van der Waals surface area contributed by atoms with Crippen molar-refractivity contribution < 1.29 is 14.4 Å². The first-order valence-electron chi connectivity index (χ1n) is 8.61. The Bertz CT molecular complexity index is 1190. The number of nitrogens with zero attached hydrogens (tertiary/aromatic N) is 2. The van der Waals surface area contributed by atoms with Crippen molar-refractivity contribution in [1.29, 1.82) is 0 Å². The molecular weight excluding hydrogens is 394 g/mol. The normalized spacial score (nSPS) is 10.7. The van der Waals surface area contributed by atoms with Crippen molar-refractivity contribution in [2.24, 2.45) is 5.90 Å². The topological polar surface area (TPSA) is 115 Å². The Labute approximate surface area is 170 Å². The van der Waals surface area contributed by atoms with Gasteiger partial charge in [-0.1, -0.05) is 35.9 Å². The number of aryl methyl sites for hydroxylation is 1. The van der Waals surface area contributed by atoms with Crippen LogP contribution < -0.4 is 16.0 Å². The zero-order valence-electron chi connectivity index (χ0n) is 15.3. The number of rotatable bonds is 5. The molecule has 0 atom stereocenters. The number of aromatic amines is 1. The van der Waals surface area contributed by atoms with Crippen LogP contribution in [0.4, 0.5) is 11.5 Å². The van der Waals surface area contributed by atoms with Gasteiger partial charge in [-0.3, -0.25) is 0 Å². The van der Waals surface area contributed by atoms with Gasteiger partial charge in [0.15, 0.2) is 11.5 Å². The summed E-state index contributed by atoms with van der Waals surface area (Å²) >= 11 is 6.33. The highest BCUT2D eigenvalue weighted by atomic mass is 35.5. The van der Waals surface area contributed by atoms with Crippen molar-refractivity contribution in [3.8, 4) is 11.8 Å². The number of nitrogens with two attached hydrogens (primary N) is 1. The number of ether oxygens (including phenoxy) is 1. The van der Waals surface area contributed by atoms with E-state index in [4.69, 9.17) is 22.2 Å². The Morgan fingerprint density at radius 3 is 2.69 bits per heavy atom. The molecule has 0 aliphatic rings. The Kier molecular flexibility index (Phi) is 5.03. The first-order valence-corrected chi connectivity index (χ1v) is 8.99. The van der Waals surface area contributed by atoms with Gasteiger partial charge < -0.3 is 19.9 Å². The number of nitrogens with one attached hydrogen (secondary N) is 2. The van der Waals surface area contributed by atoms with Crippen LogP contribution in [0.5, 0.6) is 11.8 Å². The van der Waals surface area contributed by atoms with E-state index in [0.29, 0.717) is 38.9 Å². The lowest BCUT2D eigenvalue weighted by Crippen LogP contribution is -2.11. The van der Waals surface area contributed by atoms with E-state index >= 15 is 0 Å². The Morgan fingerprint density at radius 1 is 1.14 bits per heavy atom. The molecule has 0 amide bonds. The number of anilines is 2. The first kappa shape index (κ1) is 18.7. The van der Waals surface area contributed by atoms with Crippen molar-refractivity contribution in [1.82, 2.24) is 15.0 Å². The van der Waals surface area contributed by atoms with Crippen LogP contribution in [0.15, 0.2) is 54.6 Å². The highest BCUT2D eigenvalue weighted by Gasteiger charge is 2.14. The standard InChI is InChI=1S/C20H16ClN5O3/c1-11-7-8-13(9-14(11)19(27)29-22)28-20-24-16-10-15(21)17(25-18(16)26-20)23-12-5-3-2-4-6-12/h2-10H,22H2,1H3,(H2,23,24,25,26). The zero-order chi connectivity index (χ0) is 20.4. The molecule has 0 saturated carbocycles. The number of hydrogen-bond acceptors (Lipinski definition) is 7. The number of carbonyl (C=O) groups excluding carboxylic acids is 1. The van der Waals surface area contributed by atoms with Crippen molar-refractivity contribution in [3.05, 3.63) is 70.7 Å². The van der Waals surface area contributed by atoms with Crippen molar-refractivity contribution in [2.75, 3.05) is 5.32 Å². The SMILES string of the molecule is Cc1ccc(Oc2nc3nc(Nc4ccccc4)c(Cl)cc3[nH]2)cc1C(=O)ON. The fourth-order valence-electron chi connectivity index (χ4n) is 2.75. The number of imidazole rings is 1. The lowest BCUT2D eigenvalue weighted by Gasteiger charge is -2.06. The maximum absolute atomic E-state index is 11.7. The summed E-state index contributed by atoms with van der Waals surface area (Å²) < 4.78 is 5.73. The van der Waals surface area contributed by atoms with E-state index in [9.17, 15) is 4.79 Å². The lowest BCUT2D eigenvalue weighted by atomic mass is 10.1. The molecule has 146 valence electrons. The molecule has 29 heavy (non-hydrogen) atoms. The van der Waals surface area contributed by atoms with Crippen molar-refractivity contribution in [2.45, 2.75) is 6.92 Å². The summed E-state index contributed by atoms with van der Waals surface area (Å²) in [5.74, 6) is 5.20. The van der Waals surface area contributed by atoms with Gasteiger partial charge >= 0.3 is 12.0 Å². The molecule has 2 heterocycles. The number of fused-ring (bicyclic) bond motifs is 1. The summed E-state index contributed by atoms with van der Waals surface area (Å²) in [6.45, 7) is 1.77. The number of hydrogen-bond donors (Lipinski definition) is 3. The monoisotopic (exact) mass is 409 g/mol. The van der Waals surface area contributed by atoms with E-state index < -0.39 is 5.97 Å². The van der Waals surface area contributed by atoms with Crippen LogP contribution in [0, 0.1) is 6.92 Å². The summed E-state index contributed by atoms with van der Waals surface area (Å²) in [5, 5.41) is 3.59. The van der Waals surface area contributed by atoms with Gasteiger partial charge in [0.1, 0.15) is 5.75 Å². The van der Waals surface area contributed by atoms with Crippen LogP contribution in [-0.4, -0.2) is 20.9 Å². The average Bonchev–Trinajstić information content (AvgIpc) is 3.10. The molecule has 0 radical (unpaired) electrons. The molecule has 4 N–H and O–H groups in total. The zero-order valence-corrected chi connectivity index (χ0v) is 16.0. The number of pyridine rings is 1. The largest absolute Gasteiger partial charge is 0.426 e. The maximum atomic E-state index is 11.7. The molecule has 0 aliphatic carbocycles. The number of carbonyl (C=O) groups is 1. The molecule has 0 bridgehead atoms. The minimum absolute atomic E-state index is 0.205. The van der Waals surface area contributed by atoms with E-state index in [0.717, 1.165) is 5.69 Å². The van der Waals surface area contributed by atoms with Gasteiger partial charge in [0, 0.05) is 5.69 Å². The van der Waals surface area contributed by atoms with Gasteiger partial charge in [-0.05, 0) is 42.8 Å². The summed E-state index contributed by atoms with van der Waals surface area (Å²) in [4.78, 5) is 27.8. The summed E-state index contributed by atoms with van der Waals surface area (Å²) in [6, 6.07) is 16.4. The summed E-state index contributed by atoms with van der Waals surface area (Å²) in [6.07, 6.45) is 0. The maximum Gasteiger partial charge on any atom is 0.357 e. The molecule has 9 heteroatoms. The van der Waals surface area contributed by atoms with Crippen LogP contribution >= 0.6 is 11.6 Å². The van der Waals surface area contributed by atoms with Crippen LogP contribution in [-0.2, 0) is 4.84 Å². The van der Waals surface area contributed by atoms with Gasteiger partial charge in [0.2, 0.25) is 0 Å². The number of para-hydroxylation sites is 1. The molecule has 8 nitrogen and oxygen atoms in total. The predicted octanol–water partition coefficient (Wildman–Crippen LogP) is 4.49. The predicted molar refractivity (Wildman–Crippen MR) is 109 cm³/mol. The number of aromatic nitrogens is 3. The fraction of sp³-hybridized carbons (Fsp3) is 0.0500. The second kappa shape index (κ2) is 7.78. The Balaban J connectivity index is 1.62. The van der Waals surface area contributed by atoms with E-state index in [-0.39, 0.29) is 6.01 Å². The molecule has 0 unspecified atom stereocenters. The molecule has 4 rings (SSSR count). The second-order valence-electron chi connectivity index (χ2n) is 6.21. The highest BCUT2D eigenvalue weighted by Crippen LogP contribution is 2.29. The summed E-state index contributed by atoms with van der Waals surface area (Å²) in [5.41, 5.74) is 2.90. The number of benzene rings is 2. The lowest BCUT2D eigenvalue weighted by molar-refractivity contribution is 0.0502. The van der Waals surface area contributed by atoms with E-state index in [1.165, 1.54) is 6.07 Å². The van der Waals surface area contributed by atoms with Crippen molar-refractivity contribution in [3.63, 3.8) is 0 Å². The molecular formula is C20H16ClN5O3.